The second kappa shape index (κ2) is 6.01. The molecule has 18 heavy (non-hydrogen) atoms. The third-order valence-corrected chi connectivity index (χ3v) is 3.58. The Kier molecular flexibility index (Phi) is 4.37. The zero-order valence-electron chi connectivity index (χ0n) is 11.2. The van der Waals surface area contributed by atoms with E-state index in [1.807, 2.05) is 12.1 Å². The van der Waals surface area contributed by atoms with E-state index < -0.39 is 0 Å². The van der Waals surface area contributed by atoms with Crippen LogP contribution in [0, 0.1) is 5.92 Å². The second-order valence-electron chi connectivity index (χ2n) is 5.13. The number of benzene rings is 1. The number of amides is 1. The van der Waals surface area contributed by atoms with Crippen LogP contribution in [0.1, 0.15) is 32.3 Å². The molecule has 1 amide bonds. The highest BCUT2D eigenvalue weighted by Crippen LogP contribution is 2.17. The van der Waals surface area contributed by atoms with E-state index in [0.29, 0.717) is 5.92 Å². The van der Waals surface area contributed by atoms with Gasteiger partial charge in [-0.1, -0.05) is 32.4 Å². The van der Waals surface area contributed by atoms with Crippen molar-refractivity contribution in [1.82, 2.24) is 5.32 Å². The van der Waals surface area contributed by atoms with Crippen LogP contribution in [0.4, 0.5) is 5.69 Å². The van der Waals surface area contributed by atoms with Crippen LogP contribution in [0.2, 0.25) is 0 Å². The van der Waals surface area contributed by atoms with E-state index in [1.54, 1.807) is 0 Å². The van der Waals surface area contributed by atoms with Crippen LogP contribution >= 0.6 is 0 Å². The van der Waals surface area contributed by atoms with Gasteiger partial charge in [0.05, 0.1) is 6.04 Å². The minimum atomic E-state index is -0.0414. The van der Waals surface area contributed by atoms with Gasteiger partial charge in [-0.2, -0.15) is 0 Å². The monoisotopic (exact) mass is 246 g/mol. The molecule has 2 unspecified atom stereocenters. The maximum Gasteiger partial charge on any atom is 0.241 e. The Morgan fingerprint density at radius 3 is 2.67 bits per heavy atom. The first-order chi connectivity index (χ1) is 8.70. The molecule has 1 aromatic carbocycles. The van der Waals surface area contributed by atoms with E-state index in [4.69, 9.17) is 0 Å². The van der Waals surface area contributed by atoms with Crippen molar-refractivity contribution in [1.29, 1.82) is 0 Å². The Morgan fingerprint density at radius 2 is 2.11 bits per heavy atom. The Bertz CT molecular complexity index is 399. The summed E-state index contributed by atoms with van der Waals surface area (Å²) in [7, 11) is 0. The van der Waals surface area contributed by atoms with Gasteiger partial charge in [0, 0.05) is 5.69 Å². The number of nitrogens with one attached hydrogen (secondary N) is 2. The van der Waals surface area contributed by atoms with E-state index in [2.05, 4.69) is 36.6 Å². The van der Waals surface area contributed by atoms with Gasteiger partial charge in [0.2, 0.25) is 5.91 Å². The Hall–Kier alpha value is -1.35. The molecule has 98 valence electrons. The van der Waals surface area contributed by atoms with Crippen LogP contribution in [-0.4, -0.2) is 18.5 Å². The van der Waals surface area contributed by atoms with Crippen molar-refractivity contribution in [2.75, 3.05) is 11.9 Å². The highest BCUT2D eigenvalue weighted by molar-refractivity contribution is 5.95. The lowest BCUT2D eigenvalue weighted by molar-refractivity contribution is -0.118. The van der Waals surface area contributed by atoms with Gasteiger partial charge in [0.15, 0.2) is 0 Å². The molecule has 1 aliphatic heterocycles. The predicted molar refractivity (Wildman–Crippen MR) is 74.6 cm³/mol. The summed E-state index contributed by atoms with van der Waals surface area (Å²) >= 11 is 0. The van der Waals surface area contributed by atoms with Gasteiger partial charge < -0.3 is 10.6 Å². The molecule has 0 bridgehead atoms. The normalized spacial score (nSPS) is 23.0. The van der Waals surface area contributed by atoms with Crippen LogP contribution in [0.5, 0.6) is 0 Å². The quantitative estimate of drug-likeness (QED) is 0.857. The van der Waals surface area contributed by atoms with Crippen LogP contribution < -0.4 is 10.6 Å². The zero-order chi connectivity index (χ0) is 13.0. The average molecular weight is 246 g/mol. The fourth-order valence-electron chi connectivity index (χ4n) is 2.45. The third kappa shape index (κ3) is 3.10. The van der Waals surface area contributed by atoms with E-state index >= 15 is 0 Å². The Balaban J connectivity index is 1.94. The van der Waals surface area contributed by atoms with Crippen molar-refractivity contribution < 1.29 is 4.79 Å². The van der Waals surface area contributed by atoms with Crippen molar-refractivity contribution in [2.45, 2.75) is 39.2 Å². The van der Waals surface area contributed by atoms with Crippen molar-refractivity contribution >= 4 is 11.6 Å². The molecule has 1 fully saturated rings. The molecule has 3 nitrogen and oxygen atoms in total. The van der Waals surface area contributed by atoms with Gasteiger partial charge in [-0.05, 0) is 43.0 Å². The highest BCUT2D eigenvalue weighted by atomic mass is 16.2. The van der Waals surface area contributed by atoms with E-state index in [0.717, 1.165) is 31.5 Å². The van der Waals surface area contributed by atoms with Crippen LogP contribution in [0.15, 0.2) is 24.3 Å². The lowest BCUT2D eigenvalue weighted by Gasteiger charge is -2.15. The molecule has 3 heteroatoms. The molecule has 1 aromatic rings. The molecule has 2 rings (SSSR count). The lowest BCUT2D eigenvalue weighted by Crippen LogP contribution is -2.39. The maximum atomic E-state index is 12.1. The van der Waals surface area contributed by atoms with Gasteiger partial charge >= 0.3 is 0 Å². The smallest absolute Gasteiger partial charge is 0.241 e. The molecule has 0 radical (unpaired) electrons. The largest absolute Gasteiger partial charge is 0.325 e. The molecule has 1 saturated heterocycles. The number of hydrogen-bond donors (Lipinski definition) is 2. The molecule has 1 aliphatic rings. The number of carbonyl (C=O) groups is 1. The lowest BCUT2D eigenvalue weighted by atomic mass is 10.0. The van der Waals surface area contributed by atoms with Crippen LogP contribution in [-0.2, 0) is 11.2 Å². The Labute approximate surface area is 109 Å². The summed E-state index contributed by atoms with van der Waals surface area (Å²) in [4.78, 5) is 12.1. The SMILES string of the molecule is CCCc1ccc(NC(=O)C2NCCC2C)cc1. The molecule has 0 saturated carbocycles. The summed E-state index contributed by atoms with van der Waals surface area (Å²) in [6, 6.07) is 8.11. The minimum Gasteiger partial charge on any atom is -0.325 e. The molecule has 0 aromatic heterocycles. The van der Waals surface area contributed by atoms with Crippen molar-refractivity contribution in [3.05, 3.63) is 29.8 Å². The second-order valence-corrected chi connectivity index (χ2v) is 5.13. The van der Waals surface area contributed by atoms with Crippen molar-refractivity contribution in [3.63, 3.8) is 0 Å². The van der Waals surface area contributed by atoms with Gasteiger partial charge in [-0.25, -0.2) is 0 Å². The van der Waals surface area contributed by atoms with Gasteiger partial charge in [-0.15, -0.1) is 0 Å². The number of anilines is 1. The Morgan fingerprint density at radius 1 is 1.39 bits per heavy atom. The van der Waals surface area contributed by atoms with E-state index in [-0.39, 0.29) is 11.9 Å². The van der Waals surface area contributed by atoms with E-state index in [9.17, 15) is 4.79 Å². The number of hydrogen-bond acceptors (Lipinski definition) is 2. The summed E-state index contributed by atoms with van der Waals surface area (Å²) < 4.78 is 0. The van der Waals surface area contributed by atoms with Crippen LogP contribution in [0.25, 0.3) is 0 Å². The summed E-state index contributed by atoms with van der Waals surface area (Å²) in [5.74, 6) is 0.507. The van der Waals surface area contributed by atoms with Crippen LogP contribution in [0.3, 0.4) is 0 Å². The number of aryl methyl sites for hydroxylation is 1. The minimum absolute atomic E-state index is 0.0414. The first-order valence-electron chi connectivity index (χ1n) is 6.84. The highest BCUT2D eigenvalue weighted by Gasteiger charge is 2.29. The molecular formula is C15H22N2O. The fraction of sp³-hybridized carbons (Fsp3) is 0.533. The molecule has 2 N–H and O–H groups in total. The summed E-state index contributed by atoms with van der Waals surface area (Å²) in [6.07, 6.45) is 3.32. The van der Waals surface area contributed by atoms with Gasteiger partial charge in [0.1, 0.15) is 0 Å². The van der Waals surface area contributed by atoms with Gasteiger partial charge in [-0.3, -0.25) is 4.79 Å². The maximum absolute atomic E-state index is 12.1. The standard InChI is InChI=1S/C15H22N2O/c1-3-4-12-5-7-13(8-6-12)17-15(18)14-11(2)9-10-16-14/h5-8,11,14,16H,3-4,9-10H2,1-2H3,(H,17,18). The molecule has 0 aliphatic carbocycles. The fourth-order valence-corrected chi connectivity index (χ4v) is 2.45. The van der Waals surface area contributed by atoms with Crippen molar-refractivity contribution in [2.24, 2.45) is 5.92 Å². The first kappa shape index (κ1) is 13.1. The molecule has 1 heterocycles. The molecule has 0 spiro atoms. The number of rotatable bonds is 4. The third-order valence-electron chi connectivity index (χ3n) is 3.58. The molecule has 2 atom stereocenters. The summed E-state index contributed by atoms with van der Waals surface area (Å²) in [5, 5.41) is 6.23. The predicted octanol–water partition coefficient (Wildman–Crippen LogP) is 2.58. The number of carbonyl (C=O) groups excluding carboxylic acids is 1. The average Bonchev–Trinajstić information content (AvgIpc) is 2.78. The zero-order valence-corrected chi connectivity index (χ0v) is 11.2. The topological polar surface area (TPSA) is 41.1 Å². The molecular weight excluding hydrogens is 224 g/mol. The van der Waals surface area contributed by atoms with Gasteiger partial charge in [0.25, 0.3) is 0 Å². The summed E-state index contributed by atoms with van der Waals surface area (Å²) in [6.45, 7) is 5.23. The van der Waals surface area contributed by atoms with E-state index in [1.165, 1.54) is 5.56 Å². The first-order valence-corrected chi connectivity index (χ1v) is 6.84. The summed E-state index contributed by atoms with van der Waals surface area (Å²) in [5.41, 5.74) is 2.21. The van der Waals surface area contributed by atoms with Crippen molar-refractivity contribution in [3.8, 4) is 0 Å².